The first kappa shape index (κ1) is 29.9. The van der Waals surface area contributed by atoms with Crippen molar-refractivity contribution >= 4 is 23.1 Å². The summed E-state index contributed by atoms with van der Waals surface area (Å²) in [7, 11) is 6.61. The molecule has 5 aromatic rings. The zero-order chi connectivity index (χ0) is 31.3. The summed E-state index contributed by atoms with van der Waals surface area (Å²) in [6, 6.07) is 20.4. The van der Waals surface area contributed by atoms with Gasteiger partial charge < -0.3 is 34.6 Å². The molecule has 3 aromatic carbocycles. The average molecular weight is 610 g/mol. The molecule has 1 atom stereocenters. The summed E-state index contributed by atoms with van der Waals surface area (Å²) >= 11 is 0. The number of anilines is 2. The van der Waals surface area contributed by atoms with Crippen LogP contribution in [0.5, 0.6) is 23.0 Å². The van der Waals surface area contributed by atoms with Crippen molar-refractivity contribution in [3.05, 3.63) is 89.1 Å². The Morgan fingerprint density at radius 2 is 1.53 bits per heavy atom. The van der Waals surface area contributed by atoms with Crippen molar-refractivity contribution in [1.29, 1.82) is 0 Å². The maximum Gasteiger partial charge on any atom is 0.227 e. The molecule has 0 bridgehead atoms. The molecule has 2 aromatic heterocycles. The van der Waals surface area contributed by atoms with Crippen LogP contribution in [-0.2, 0) is 19.4 Å². The lowest BCUT2D eigenvalue weighted by Crippen LogP contribution is -2.34. The van der Waals surface area contributed by atoms with Gasteiger partial charge >= 0.3 is 0 Å². The minimum atomic E-state index is 0.000193. The van der Waals surface area contributed by atoms with Gasteiger partial charge in [0.2, 0.25) is 11.9 Å². The maximum atomic E-state index is 5.60. The summed E-state index contributed by atoms with van der Waals surface area (Å²) in [6.45, 7) is 4.24. The molecular weight excluding hydrogens is 570 g/mol. The van der Waals surface area contributed by atoms with Gasteiger partial charge in [-0.25, -0.2) is 14.6 Å². The lowest BCUT2D eigenvalue weighted by molar-refractivity contribution is 0.353. The molecule has 45 heavy (non-hydrogen) atoms. The van der Waals surface area contributed by atoms with Crippen molar-refractivity contribution < 1.29 is 18.9 Å². The summed E-state index contributed by atoms with van der Waals surface area (Å²) in [6.07, 6.45) is 3.39. The number of ether oxygens (including phenoxy) is 4. The number of rotatable bonds is 12. The Morgan fingerprint density at radius 1 is 0.822 bits per heavy atom. The van der Waals surface area contributed by atoms with Crippen LogP contribution in [-0.4, -0.2) is 61.2 Å². The standard InChI is InChI=1S/C34H39N7O4/c1-22(24-9-7-6-8-10-24)39-41-32-27(20-36-33(38-32)35-15-13-23-11-12-28(42-2)29(17-23)43-3)37-34(41)40-16-14-25-18-30(44-4)31(45-5)19-26(25)21-40/h6-12,17-20,22,39H,13-16,21H2,1-5H3,(H,35,36,38). The number of hydrogen-bond donors (Lipinski definition) is 2. The smallest absolute Gasteiger partial charge is 0.227 e. The van der Waals surface area contributed by atoms with Gasteiger partial charge in [-0.05, 0) is 66.3 Å². The molecule has 1 unspecified atom stereocenters. The topological polar surface area (TPSA) is 108 Å². The highest BCUT2D eigenvalue weighted by Gasteiger charge is 2.26. The van der Waals surface area contributed by atoms with E-state index in [2.05, 4.69) is 51.8 Å². The van der Waals surface area contributed by atoms with Gasteiger partial charge in [0.25, 0.3) is 0 Å². The lowest BCUT2D eigenvalue weighted by atomic mass is 9.99. The Bertz CT molecular complexity index is 1780. The van der Waals surface area contributed by atoms with Crippen molar-refractivity contribution in [1.82, 2.24) is 19.6 Å². The van der Waals surface area contributed by atoms with Crippen LogP contribution in [0.3, 0.4) is 0 Å². The van der Waals surface area contributed by atoms with Crippen LogP contribution in [0.15, 0.2) is 66.9 Å². The van der Waals surface area contributed by atoms with Crippen molar-refractivity contribution in [2.75, 3.05) is 57.2 Å². The number of benzene rings is 3. The van der Waals surface area contributed by atoms with Crippen molar-refractivity contribution in [2.45, 2.75) is 32.4 Å². The Balaban J connectivity index is 1.29. The van der Waals surface area contributed by atoms with Gasteiger partial charge in [-0.3, -0.25) is 0 Å². The Kier molecular flexibility index (Phi) is 8.77. The summed E-state index contributed by atoms with van der Waals surface area (Å²) in [5.41, 5.74) is 9.79. The highest BCUT2D eigenvalue weighted by Crippen LogP contribution is 2.35. The Hall–Kier alpha value is -5.19. The first-order valence-electron chi connectivity index (χ1n) is 15.0. The van der Waals surface area contributed by atoms with E-state index in [1.807, 2.05) is 41.1 Å². The zero-order valence-electron chi connectivity index (χ0n) is 26.3. The number of imidazole rings is 1. The highest BCUT2D eigenvalue weighted by molar-refractivity contribution is 5.76. The largest absolute Gasteiger partial charge is 0.493 e. The SMILES string of the molecule is COc1ccc(CCNc2ncc3nc(N4CCc5cc(OC)c(OC)cc5C4)n(NC(C)c4ccccc4)c3n2)cc1OC. The van der Waals surface area contributed by atoms with E-state index >= 15 is 0 Å². The first-order chi connectivity index (χ1) is 22.0. The van der Waals surface area contributed by atoms with Crippen LogP contribution >= 0.6 is 0 Å². The van der Waals surface area contributed by atoms with E-state index in [1.54, 1.807) is 34.6 Å². The molecule has 0 fully saturated rings. The van der Waals surface area contributed by atoms with Crippen molar-refractivity contribution in [3.8, 4) is 23.0 Å². The number of methoxy groups -OCH3 is 4. The summed E-state index contributed by atoms with van der Waals surface area (Å²) in [5, 5.41) is 3.39. The fourth-order valence-corrected chi connectivity index (χ4v) is 5.70. The molecule has 3 heterocycles. The third-order valence-corrected chi connectivity index (χ3v) is 8.15. The van der Waals surface area contributed by atoms with E-state index in [9.17, 15) is 0 Å². The number of aromatic nitrogens is 4. The predicted molar refractivity (Wildman–Crippen MR) is 176 cm³/mol. The second-order valence-corrected chi connectivity index (χ2v) is 10.9. The maximum absolute atomic E-state index is 5.60. The molecule has 1 aliphatic heterocycles. The molecule has 1 aliphatic rings. The fourth-order valence-electron chi connectivity index (χ4n) is 5.70. The van der Waals surface area contributed by atoms with Gasteiger partial charge in [-0.1, -0.05) is 36.4 Å². The molecular formula is C34H39N7O4. The molecule has 2 N–H and O–H groups in total. The third kappa shape index (κ3) is 6.24. The van der Waals surface area contributed by atoms with E-state index < -0.39 is 0 Å². The number of hydrogen-bond acceptors (Lipinski definition) is 10. The Morgan fingerprint density at radius 3 is 2.27 bits per heavy atom. The quantitative estimate of drug-likeness (QED) is 0.191. The van der Waals surface area contributed by atoms with Gasteiger partial charge in [0.1, 0.15) is 5.52 Å². The first-order valence-corrected chi connectivity index (χ1v) is 15.0. The van der Waals surface area contributed by atoms with Crippen LogP contribution in [0.2, 0.25) is 0 Å². The van der Waals surface area contributed by atoms with E-state index in [0.29, 0.717) is 41.7 Å². The molecule has 11 heteroatoms. The number of nitrogens with one attached hydrogen (secondary N) is 2. The fraction of sp³-hybridized carbons (Fsp3) is 0.324. The second kappa shape index (κ2) is 13.2. The monoisotopic (exact) mass is 609 g/mol. The predicted octanol–water partition coefficient (Wildman–Crippen LogP) is 5.38. The average Bonchev–Trinajstić information content (AvgIpc) is 3.44. The minimum Gasteiger partial charge on any atom is -0.493 e. The minimum absolute atomic E-state index is 0.000193. The molecule has 11 nitrogen and oxygen atoms in total. The van der Waals surface area contributed by atoms with E-state index in [0.717, 1.165) is 48.0 Å². The van der Waals surface area contributed by atoms with Crippen LogP contribution in [0.1, 0.15) is 35.2 Å². The summed E-state index contributed by atoms with van der Waals surface area (Å²) in [5.74, 6) is 4.20. The number of nitrogens with zero attached hydrogens (tertiary/aromatic N) is 5. The van der Waals surface area contributed by atoms with Crippen LogP contribution in [0.4, 0.5) is 11.9 Å². The van der Waals surface area contributed by atoms with Crippen molar-refractivity contribution in [3.63, 3.8) is 0 Å². The van der Waals surface area contributed by atoms with Crippen molar-refractivity contribution in [2.24, 2.45) is 0 Å². The van der Waals surface area contributed by atoms with Gasteiger partial charge in [0, 0.05) is 19.6 Å². The van der Waals surface area contributed by atoms with Gasteiger partial charge in [-0.2, -0.15) is 4.98 Å². The van der Waals surface area contributed by atoms with Crippen LogP contribution in [0, 0.1) is 0 Å². The van der Waals surface area contributed by atoms with E-state index in [-0.39, 0.29) is 6.04 Å². The van der Waals surface area contributed by atoms with E-state index in [4.69, 9.17) is 28.9 Å². The van der Waals surface area contributed by atoms with Crippen LogP contribution in [0.25, 0.3) is 11.2 Å². The normalized spacial score (nSPS) is 13.2. The molecule has 0 spiro atoms. The third-order valence-electron chi connectivity index (χ3n) is 8.15. The molecule has 0 saturated carbocycles. The van der Waals surface area contributed by atoms with Crippen LogP contribution < -0.4 is 34.6 Å². The zero-order valence-corrected chi connectivity index (χ0v) is 26.3. The van der Waals surface area contributed by atoms with E-state index in [1.165, 1.54) is 11.1 Å². The molecule has 0 radical (unpaired) electrons. The molecule has 234 valence electrons. The highest BCUT2D eigenvalue weighted by atomic mass is 16.5. The summed E-state index contributed by atoms with van der Waals surface area (Å²) in [4.78, 5) is 16.8. The molecule has 0 saturated heterocycles. The molecule has 0 aliphatic carbocycles. The molecule has 6 rings (SSSR count). The van der Waals surface area contributed by atoms with Gasteiger partial charge in [-0.15, -0.1) is 0 Å². The summed E-state index contributed by atoms with van der Waals surface area (Å²) < 4.78 is 24.0. The lowest BCUT2D eigenvalue weighted by Gasteiger charge is -2.31. The molecule has 0 amide bonds. The number of fused-ring (bicyclic) bond motifs is 2. The van der Waals surface area contributed by atoms with Gasteiger partial charge in [0.15, 0.2) is 28.6 Å². The van der Waals surface area contributed by atoms with Gasteiger partial charge in [0.05, 0.1) is 40.7 Å². The Labute approximate surface area is 263 Å². The second-order valence-electron chi connectivity index (χ2n) is 10.9.